The van der Waals surface area contributed by atoms with Crippen LogP contribution in [0.2, 0.25) is 0 Å². The minimum Gasteiger partial charge on any atom is -0.379 e. The quantitative estimate of drug-likeness (QED) is 0.717. The van der Waals surface area contributed by atoms with Gasteiger partial charge in [0.25, 0.3) is 10.0 Å². The molecule has 0 aliphatic heterocycles. The van der Waals surface area contributed by atoms with Crippen molar-refractivity contribution in [1.82, 2.24) is 9.97 Å². The van der Waals surface area contributed by atoms with Crippen molar-refractivity contribution in [1.29, 1.82) is 0 Å². The van der Waals surface area contributed by atoms with Crippen molar-refractivity contribution in [3.05, 3.63) is 65.9 Å². The number of hydrogen-bond acceptors (Lipinski definition) is 6. The molecule has 0 atom stereocenters. The van der Waals surface area contributed by atoms with Crippen LogP contribution >= 0.6 is 11.3 Å². The Hall–Kier alpha value is -2.45. The fraction of sp³-hybridized carbons (Fsp3) is 0.0667. The molecule has 0 bridgehead atoms. The Balaban J connectivity index is 1.67. The first-order valence-corrected chi connectivity index (χ1v) is 9.16. The number of sulfonamides is 1. The van der Waals surface area contributed by atoms with E-state index in [0.29, 0.717) is 11.7 Å². The zero-order chi connectivity index (χ0) is 16.1. The van der Waals surface area contributed by atoms with Gasteiger partial charge in [0.1, 0.15) is 0 Å². The summed E-state index contributed by atoms with van der Waals surface area (Å²) in [7, 11) is -3.61. The molecule has 3 aromatic rings. The van der Waals surface area contributed by atoms with Crippen LogP contribution in [0, 0.1) is 0 Å². The van der Waals surface area contributed by atoms with Gasteiger partial charge < -0.3 is 5.32 Å². The summed E-state index contributed by atoms with van der Waals surface area (Å²) in [5.41, 5.74) is 1.73. The molecule has 0 spiro atoms. The highest BCUT2D eigenvalue weighted by atomic mass is 32.2. The molecule has 2 heterocycles. The number of benzene rings is 1. The predicted octanol–water partition coefficient (Wildman–Crippen LogP) is 2.95. The van der Waals surface area contributed by atoms with Crippen molar-refractivity contribution >= 4 is 32.2 Å². The summed E-state index contributed by atoms with van der Waals surface area (Å²) in [6.45, 7) is 0.574. The minimum absolute atomic E-state index is 0.191. The maximum atomic E-state index is 12.2. The third-order valence-electron chi connectivity index (χ3n) is 3.02. The molecule has 8 heteroatoms. The summed E-state index contributed by atoms with van der Waals surface area (Å²) < 4.78 is 26.9. The van der Waals surface area contributed by atoms with Gasteiger partial charge in [-0.05, 0) is 36.4 Å². The Labute approximate surface area is 138 Å². The highest BCUT2D eigenvalue weighted by Crippen LogP contribution is 2.19. The van der Waals surface area contributed by atoms with E-state index in [1.54, 1.807) is 42.0 Å². The second-order valence-corrected chi connectivity index (χ2v) is 7.22. The fourth-order valence-corrected chi connectivity index (χ4v) is 3.68. The van der Waals surface area contributed by atoms with Crippen LogP contribution in [0.15, 0.2) is 65.1 Å². The van der Waals surface area contributed by atoms with Crippen LogP contribution in [0.4, 0.5) is 10.8 Å². The zero-order valence-electron chi connectivity index (χ0n) is 12.0. The predicted molar refractivity (Wildman–Crippen MR) is 90.9 cm³/mol. The van der Waals surface area contributed by atoms with E-state index in [1.807, 2.05) is 18.2 Å². The van der Waals surface area contributed by atoms with Crippen molar-refractivity contribution < 1.29 is 8.42 Å². The third kappa shape index (κ3) is 4.05. The van der Waals surface area contributed by atoms with Gasteiger partial charge in [-0.15, -0.1) is 11.3 Å². The molecule has 0 radical (unpaired) electrons. The Morgan fingerprint density at radius 2 is 1.83 bits per heavy atom. The first-order valence-electron chi connectivity index (χ1n) is 6.80. The lowest BCUT2D eigenvalue weighted by molar-refractivity contribution is 0.601. The van der Waals surface area contributed by atoms with Crippen molar-refractivity contribution in [2.75, 3.05) is 10.0 Å². The van der Waals surface area contributed by atoms with Crippen molar-refractivity contribution in [2.24, 2.45) is 0 Å². The average Bonchev–Trinajstić information content (AvgIpc) is 3.06. The number of hydrogen-bond donors (Lipinski definition) is 2. The summed E-state index contributed by atoms with van der Waals surface area (Å²) in [5, 5.41) is 5.26. The van der Waals surface area contributed by atoms with E-state index < -0.39 is 10.0 Å². The van der Waals surface area contributed by atoms with Crippen LogP contribution in [0.25, 0.3) is 0 Å². The van der Waals surface area contributed by atoms with E-state index >= 15 is 0 Å². The summed E-state index contributed by atoms with van der Waals surface area (Å²) in [6, 6.07) is 12.2. The summed E-state index contributed by atoms with van der Waals surface area (Å²) in [4.78, 5) is 8.33. The molecule has 6 nitrogen and oxygen atoms in total. The van der Waals surface area contributed by atoms with Crippen LogP contribution in [0.5, 0.6) is 0 Å². The van der Waals surface area contributed by atoms with Crippen LogP contribution in [0.1, 0.15) is 5.69 Å². The highest BCUT2D eigenvalue weighted by Gasteiger charge is 2.15. The Morgan fingerprint density at radius 3 is 2.48 bits per heavy atom. The topological polar surface area (TPSA) is 84.0 Å². The molecule has 0 saturated heterocycles. The number of thiazole rings is 1. The molecule has 3 rings (SSSR count). The molecule has 0 amide bonds. The maximum absolute atomic E-state index is 12.2. The van der Waals surface area contributed by atoms with Crippen LogP contribution in [-0.2, 0) is 16.6 Å². The van der Waals surface area contributed by atoms with Gasteiger partial charge in [0, 0.05) is 23.5 Å². The second-order valence-electron chi connectivity index (χ2n) is 4.64. The molecule has 2 aromatic heterocycles. The van der Waals surface area contributed by atoms with E-state index in [9.17, 15) is 8.42 Å². The van der Waals surface area contributed by atoms with E-state index in [-0.39, 0.29) is 4.90 Å². The Bertz CT molecular complexity index is 848. The Morgan fingerprint density at radius 1 is 1.00 bits per heavy atom. The summed E-state index contributed by atoms with van der Waals surface area (Å²) in [6.07, 6.45) is 3.28. The molecule has 0 saturated carbocycles. The smallest absolute Gasteiger partial charge is 0.263 e. The number of aromatic nitrogens is 2. The molecule has 0 fully saturated rings. The van der Waals surface area contributed by atoms with E-state index in [1.165, 1.54) is 11.3 Å². The van der Waals surface area contributed by atoms with E-state index in [0.717, 1.165) is 11.4 Å². The molecule has 118 valence electrons. The zero-order valence-corrected chi connectivity index (χ0v) is 13.6. The monoisotopic (exact) mass is 346 g/mol. The molecular formula is C15H14N4O2S2. The molecule has 1 aromatic carbocycles. The van der Waals surface area contributed by atoms with Gasteiger partial charge in [-0.3, -0.25) is 9.71 Å². The van der Waals surface area contributed by atoms with Gasteiger partial charge in [0.2, 0.25) is 0 Å². The number of nitrogens with one attached hydrogen (secondary N) is 2. The van der Waals surface area contributed by atoms with Gasteiger partial charge in [0.05, 0.1) is 17.1 Å². The van der Waals surface area contributed by atoms with Crippen LogP contribution in [0.3, 0.4) is 0 Å². The molecular weight excluding hydrogens is 332 g/mol. The highest BCUT2D eigenvalue weighted by molar-refractivity contribution is 7.93. The fourth-order valence-electron chi connectivity index (χ4n) is 1.89. The van der Waals surface area contributed by atoms with Crippen molar-refractivity contribution in [3.63, 3.8) is 0 Å². The summed E-state index contributed by atoms with van der Waals surface area (Å²) in [5.74, 6) is 0. The number of nitrogens with zero attached hydrogens (tertiary/aromatic N) is 2. The molecule has 2 N–H and O–H groups in total. The van der Waals surface area contributed by atoms with Gasteiger partial charge >= 0.3 is 0 Å². The third-order valence-corrected chi connectivity index (χ3v) is 5.19. The Kier molecular flexibility index (Phi) is 4.54. The normalized spacial score (nSPS) is 11.1. The first kappa shape index (κ1) is 15.4. The summed E-state index contributed by atoms with van der Waals surface area (Å²) >= 11 is 1.23. The lowest BCUT2D eigenvalue weighted by Gasteiger charge is -2.08. The van der Waals surface area contributed by atoms with Crippen molar-refractivity contribution in [3.8, 4) is 0 Å². The number of rotatable bonds is 6. The standard InChI is InChI=1S/C15H14N4O2S2/c20-23(21,19-15-17-9-10-22-15)14-6-4-12(5-7-14)18-11-13-3-1-2-8-16-13/h1-10,18H,11H2,(H,17,19). The first-order chi connectivity index (χ1) is 11.1. The maximum Gasteiger partial charge on any atom is 0.263 e. The molecule has 0 aliphatic carbocycles. The number of pyridine rings is 1. The average molecular weight is 346 g/mol. The lowest BCUT2D eigenvalue weighted by atomic mass is 10.3. The molecule has 0 aliphatic rings. The van der Waals surface area contributed by atoms with Crippen LogP contribution < -0.4 is 10.0 Å². The van der Waals surface area contributed by atoms with E-state index in [2.05, 4.69) is 20.0 Å². The molecule has 0 unspecified atom stereocenters. The van der Waals surface area contributed by atoms with E-state index in [4.69, 9.17) is 0 Å². The lowest BCUT2D eigenvalue weighted by Crippen LogP contribution is -2.12. The van der Waals surface area contributed by atoms with Gasteiger partial charge in [-0.2, -0.15) is 0 Å². The molecule has 23 heavy (non-hydrogen) atoms. The van der Waals surface area contributed by atoms with Crippen LogP contribution in [-0.4, -0.2) is 18.4 Å². The van der Waals surface area contributed by atoms with Gasteiger partial charge in [-0.25, -0.2) is 13.4 Å². The van der Waals surface area contributed by atoms with Gasteiger partial charge in [0.15, 0.2) is 5.13 Å². The van der Waals surface area contributed by atoms with Crippen molar-refractivity contribution in [2.45, 2.75) is 11.4 Å². The minimum atomic E-state index is -3.61. The largest absolute Gasteiger partial charge is 0.379 e. The van der Waals surface area contributed by atoms with Gasteiger partial charge in [-0.1, -0.05) is 6.07 Å². The number of anilines is 2. The SMILES string of the molecule is O=S(=O)(Nc1nccs1)c1ccc(NCc2ccccn2)cc1. The second kappa shape index (κ2) is 6.76.